The number of sulfonamides is 1. The first kappa shape index (κ1) is 25.9. The summed E-state index contributed by atoms with van der Waals surface area (Å²) in [5.74, 6) is -0.193. The summed E-state index contributed by atoms with van der Waals surface area (Å²) in [7, 11) is -3.79. The van der Waals surface area contributed by atoms with Gasteiger partial charge in [0.15, 0.2) is 0 Å². The average Bonchev–Trinajstić information content (AvgIpc) is 2.87. The lowest BCUT2D eigenvalue weighted by Gasteiger charge is -2.41. The number of nitrogens with one attached hydrogen (secondary N) is 1. The van der Waals surface area contributed by atoms with Gasteiger partial charge in [0.1, 0.15) is 16.8 Å². The number of hydrogen-bond acceptors (Lipinski definition) is 7. The Morgan fingerprint density at radius 1 is 1.11 bits per heavy atom. The van der Waals surface area contributed by atoms with E-state index in [1.807, 2.05) is 11.8 Å². The molecule has 36 heavy (non-hydrogen) atoms. The number of amides is 1. The summed E-state index contributed by atoms with van der Waals surface area (Å²) in [4.78, 5) is 19.5. The van der Waals surface area contributed by atoms with E-state index >= 15 is 0 Å². The van der Waals surface area contributed by atoms with Gasteiger partial charge in [0.25, 0.3) is 10.0 Å². The molecule has 2 aliphatic heterocycles. The zero-order valence-electron chi connectivity index (χ0n) is 20.1. The van der Waals surface area contributed by atoms with Crippen molar-refractivity contribution in [1.82, 2.24) is 9.62 Å². The van der Waals surface area contributed by atoms with E-state index in [1.165, 1.54) is 30.5 Å². The molecule has 2 aromatic rings. The molecule has 1 saturated heterocycles. The van der Waals surface area contributed by atoms with Gasteiger partial charge in [0.2, 0.25) is 5.91 Å². The van der Waals surface area contributed by atoms with Crippen LogP contribution in [0.4, 0.5) is 15.8 Å². The van der Waals surface area contributed by atoms with Crippen LogP contribution in [0.25, 0.3) is 0 Å². The maximum atomic E-state index is 13.7. The first-order chi connectivity index (χ1) is 17.2. The molecule has 2 aromatic carbocycles. The molecule has 0 aromatic heterocycles. The molecule has 1 atom stereocenters. The standard InChI is InChI=1S/C25H30FN5O3S2/c1-18(31-12-2-3-19-17-20(26)4-9-23(19)31)25(32)30-15-13-29(14-16-30)21-5-7-22(8-6-21)36(33,34)28-24(35)10-11-27/h4-11,17-18H,2-3,12-16,27H2,1H3,(H,28,35)/t18-/m1/s1. The fourth-order valence-corrected chi connectivity index (χ4v) is 6.08. The molecule has 3 N–H and O–H groups in total. The number of nitrogens with zero attached hydrogens (tertiary/aromatic N) is 3. The van der Waals surface area contributed by atoms with Crippen LogP contribution >= 0.6 is 12.2 Å². The van der Waals surface area contributed by atoms with E-state index in [1.54, 1.807) is 24.3 Å². The SMILES string of the molecule is C[C@H](C(=O)N1CCN(c2ccc(S(=O)(=O)NC(=S)C=CN)cc2)CC1)N1CCCc2cc(F)ccc21. The van der Waals surface area contributed by atoms with Crippen LogP contribution in [0.1, 0.15) is 18.9 Å². The smallest absolute Gasteiger partial charge is 0.262 e. The van der Waals surface area contributed by atoms with Gasteiger partial charge in [-0.1, -0.05) is 12.2 Å². The second-order valence-corrected chi connectivity index (χ2v) is 11.0. The summed E-state index contributed by atoms with van der Waals surface area (Å²) >= 11 is 4.93. The quantitative estimate of drug-likeness (QED) is 0.436. The van der Waals surface area contributed by atoms with Crippen molar-refractivity contribution < 1.29 is 17.6 Å². The van der Waals surface area contributed by atoms with Crippen LogP contribution < -0.4 is 20.3 Å². The summed E-state index contributed by atoms with van der Waals surface area (Å²) < 4.78 is 40.9. The van der Waals surface area contributed by atoms with E-state index < -0.39 is 10.0 Å². The Morgan fingerprint density at radius 3 is 2.47 bits per heavy atom. The average molecular weight is 532 g/mol. The van der Waals surface area contributed by atoms with Crippen molar-refractivity contribution in [3.05, 3.63) is 66.1 Å². The third kappa shape index (κ3) is 5.62. The summed E-state index contributed by atoms with van der Waals surface area (Å²) in [5, 5.41) is 0. The Morgan fingerprint density at radius 2 is 1.81 bits per heavy atom. The number of benzene rings is 2. The van der Waals surface area contributed by atoms with Crippen LogP contribution in [0.5, 0.6) is 0 Å². The van der Waals surface area contributed by atoms with E-state index in [4.69, 9.17) is 18.0 Å². The Hall–Kier alpha value is -3.18. The number of thiocarbonyl (C=S) groups is 1. The first-order valence-corrected chi connectivity index (χ1v) is 13.7. The summed E-state index contributed by atoms with van der Waals surface area (Å²) in [6.07, 6.45) is 4.17. The van der Waals surface area contributed by atoms with E-state index in [2.05, 4.69) is 14.5 Å². The Labute approximate surface area is 216 Å². The molecule has 0 aliphatic carbocycles. The maximum absolute atomic E-state index is 13.7. The van der Waals surface area contributed by atoms with Gasteiger partial charge in [-0.3, -0.25) is 9.52 Å². The number of aryl methyl sites for hydroxylation is 1. The molecule has 1 fully saturated rings. The molecule has 0 saturated carbocycles. The van der Waals surface area contributed by atoms with E-state index in [9.17, 15) is 17.6 Å². The minimum Gasteiger partial charge on any atom is -0.405 e. The highest BCUT2D eigenvalue weighted by molar-refractivity contribution is 7.92. The zero-order chi connectivity index (χ0) is 25.9. The largest absolute Gasteiger partial charge is 0.405 e. The molecule has 4 rings (SSSR count). The van der Waals surface area contributed by atoms with Crippen molar-refractivity contribution >= 4 is 44.5 Å². The van der Waals surface area contributed by atoms with Gasteiger partial charge in [-0.05, 0) is 80.1 Å². The van der Waals surface area contributed by atoms with Crippen LogP contribution in [0, 0.1) is 5.82 Å². The van der Waals surface area contributed by atoms with Crippen LogP contribution in [0.3, 0.4) is 0 Å². The third-order valence-electron chi connectivity index (χ3n) is 6.61. The number of fused-ring (bicyclic) bond motifs is 1. The van der Waals surface area contributed by atoms with Crippen LogP contribution in [0.15, 0.2) is 59.6 Å². The lowest BCUT2D eigenvalue weighted by molar-refractivity contribution is -0.132. The molecule has 2 aliphatic rings. The second-order valence-electron chi connectivity index (χ2n) is 8.88. The molecule has 192 valence electrons. The molecule has 8 nitrogen and oxygen atoms in total. The van der Waals surface area contributed by atoms with Gasteiger partial charge in [-0.2, -0.15) is 0 Å². The van der Waals surface area contributed by atoms with Crippen molar-refractivity contribution in [3.63, 3.8) is 0 Å². The molecule has 1 amide bonds. The highest BCUT2D eigenvalue weighted by Gasteiger charge is 2.31. The number of carbonyl (C=O) groups is 1. The van der Waals surface area contributed by atoms with Gasteiger partial charge in [0.05, 0.1) is 4.90 Å². The lowest BCUT2D eigenvalue weighted by Crippen LogP contribution is -2.55. The molecule has 11 heteroatoms. The van der Waals surface area contributed by atoms with Crippen LogP contribution in [0.2, 0.25) is 0 Å². The van der Waals surface area contributed by atoms with Gasteiger partial charge >= 0.3 is 0 Å². The second kappa shape index (κ2) is 10.8. The normalized spacial score (nSPS) is 17.1. The minimum atomic E-state index is -3.79. The Bertz CT molecular complexity index is 1260. The number of rotatable bonds is 6. The highest BCUT2D eigenvalue weighted by atomic mass is 32.2. The Kier molecular flexibility index (Phi) is 7.79. The van der Waals surface area contributed by atoms with Crippen molar-refractivity contribution in [2.45, 2.75) is 30.7 Å². The van der Waals surface area contributed by atoms with Crippen LogP contribution in [-0.2, 0) is 21.2 Å². The van der Waals surface area contributed by atoms with Crippen molar-refractivity contribution in [2.24, 2.45) is 5.73 Å². The van der Waals surface area contributed by atoms with Gasteiger partial charge < -0.3 is 20.4 Å². The van der Waals surface area contributed by atoms with Crippen LogP contribution in [-0.4, -0.2) is 63.0 Å². The topological polar surface area (TPSA) is 99.0 Å². The monoisotopic (exact) mass is 531 g/mol. The number of halogens is 1. The fraction of sp³-hybridized carbons (Fsp3) is 0.360. The van der Waals surface area contributed by atoms with E-state index in [-0.39, 0.29) is 27.7 Å². The Balaban J connectivity index is 1.36. The number of nitrogens with two attached hydrogens (primary N) is 1. The summed E-state index contributed by atoms with van der Waals surface area (Å²) in [6.45, 7) is 5.08. The maximum Gasteiger partial charge on any atom is 0.262 e. The minimum absolute atomic E-state index is 0.0109. The highest BCUT2D eigenvalue weighted by Crippen LogP contribution is 2.30. The molecular weight excluding hydrogens is 501 g/mol. The summed E-state index contributed by atoms with van der Waals surface area (Å²) in [5.41, 5.74) is 8.01. The van der Waals surface area contributed by atoms with E-state index in [0.29, 0.717) is 26.2 Å². The number of piperazine rings is 1. The molecule has 0 bridgehead atoms. The molecule has 0 unspecified atom stereocenters. The van der Waals surface area contributed by atoms with E-state index in [0.717, 1.165) is 36.3 Å². The molecular formula is C25H30FN5O3S2. The number of carbonyl (C=O) groups excluding carboxylic acids is 1. The zero-order valence-corrected chi connectivity index (χ0v) is 21.7. The third-order valence-corrected chi connectivity index (χ3v) is 8.36. The summed E-state index contributed by atoms with van der Waals surface area (Å²) in [6, 6.07) is 11.0. The number of hydrogen-bond donors (Lipinski definition) is 2. The predicted molar refractivity (Wildman–Crippen MR) is 143 cm³/mol. The fourth-order valence-electron chi connectivity index (χ4n) is 4.73. The number of anilines is 2. The van der Waals surface area contributed by atoms with Gasteiger partial charge in [0, 0.05) is 44.1 Å². The molecule has 0 radical (unpaired) electrons. The predicted octanol–water partition coefficient (Wildman–Crippen LogP) is 2.39. The van der Waals surface area contributed by atoms with Gasteiger partial charge in [-0.15, -0.1) is 0 Å². The molecule has 0 spiro atoms. The van der Waals surface area contributed by atoms with Crippen molar-refractivity contribution in [3.8, 4) is 0 Å². The lowest BCUT2D eigenvalue weighted by atomic mass is 9.99. The van der Waals surface area contributed by atoms with Crippen molar-refractivity contribution in [1.29, 1.82) is 0 Å². The molecule has 2 heterocycles. The van der Waals surface area contributed by atoms with Crippen molar-refractivity contribution in [2.75, 3.05) is 42.5 Å². The van der Waals surface area contributed by atoms with Gasteiger partial charge in [-0.25, -0.2) is 12.8 Å². The first-order valence-electron chi connectivity index (χ1n) is 11.8.